The summed E-state index contributed by atoms with van der Waals surface area (Å²) in [6.07, 6.45) is 5.37. The van der Waals surface area contributed by atoms with E-state index in [1.165, 1.54) is 16.6 Å². The summed E-state index contributed by atoms with van der Waals surface area (Å²) in [6.45, 7) is 3.05. The number of rotatable bonds is 6. The highest BCUT2D eigenvalue weighted by Crippen LogP contribution is 2.41. The fourth-order valence-electron chi connectivity index (χ4n) is 4.35. The standard InChI is InChI=1S/C25H23N7OS3/c1-16-27-23-22(17(15-35-23)18-8-7-13-34-18)24(28-16)36-25-30-29-20(32(25)19-9-4-5-11-26-19)14-31-12-6-2-3-10-21(31)33/h4-5,7-9,11,13,15H,2-3,6,10,12,14H2,1H3. The summed E-state index contributed by atoms with van der Waals surface area (Å²) in [6, 6.07) is 9.93. The van der Waals surface area contributed by atoms with Gasteiger partial charge in [-0.15, -0.1) is 32.9 Å². The smallest absolute Gasteiger partial charge is 0.222 e. The van der Waals surface area contributed by atoms with Crippen LogP contribution in [0.5, 0.6) is 0 Å². The highest BCUT2D eigenvalue weighted by atomic mass is 32.2. The summed E-state index contributed by atoms with van der Waals surface area (Å²) < 4.78 is 1.95. The maximum Gasteiger partial charge on any atom is 0.222 e. The van der Waals surface area contributed by atoms with E-state index in [0.29, 0.717) is 35.6 Å². The molecule has 5 aromatic rings. The van der Waals surface area contributed by atoms with Gasteiger partial charge in [0.15, 0.2) is 5.82 Å². The molecule has 0 aromatic carbocycles. The molecule has 6 heterocycles. The van der Waals surface area contributed by atoms with Gasteiger partial charge in [0.2, 0.25) is 11.1 Å². The molecule has 0 saturated carbocycles. The molecule has 0 spiro atoms. The van der Waals surface area contributed by atoms with Crippen molar-refractivity contribution in [3.63, 3.8) is 0 Å². The van der Waals surface area contributed by atoms with Gasteiger partial charge in [-0.3, -0.25) is 9.36 Å². The molecule has 1 amide bonds. The number of thiophene rings is 2. The molecule has 11 heteroatoms. The molecule has 36 heavy (non-hydrogen) atoms. The van der Waals surface area contributed by atoms with E-state index >= 15 is 0 Å². The second-order valence-electron chi connectivity index (χ2n) is 8.53. The Morgan fingerprint density at radius 3 is 2.83 bits per heavy atom. The Morgan fingerprint density at radius 1 is 1.06 bits per heavy atom. The van der Waals surface area contributed by atoms with Crippen LogP contribution >= 0.6 is 34.4 Å². The largest absolute Gasteiger partial charge is 0.335 e. The zero-order valence-corrected chi connectivity index (χ0v) is 22.1. The summed E-state index contributed by atoms with van der Waals surface area (Å²) in [5.74, 6) is 2.29. The van der Waals surface area contributed by atoms with Crippen LogP contribution in [0, 0.1) is 6.92 Å². The average Bonchev–Trinajstić information content (AvgIpc) is 3.61. The minimum atomic E-state index is 0.171. The molecule has 0 atom stereocenters. The monoisotopic (exact) mass is 533 g/mol. The number of hydrogen-bond donors (Lipinski definition) is 0. The van der Waals surface area contributed by atoms with E-state index in [0.717, 1.165) is 46.6 Å². The predicted octanol–water partition coefficient (Wildman–Crippen LogP) is 5.76. The van der Waals surface area contributed by atoms with Gasteiger partial charge in [-0.25, -0.2) is 15.0 Å². The van der Waals surface area contributed by atoms with Crippen molar-refractivity contribution < 1.29 is 4.79 Å². The third-order valence-corrected chi connectivity index (χ3v) is 8.78. The van der Waals surface area contributed by atoms with Gasteiger partial charge >= 0.3 is 0 Å². The second kappa shape index (κ2) is 10.1. The Bertz CT molecular complexity index is 1510. The number of likely N-dealkylation sites (tertiary alicyclic amines) is 1. The molecule has 6 rings (SSSR count). The van der Waals surface area contributed by atoms with Crippen LogP contribution in [0.15, 0.2) is 57.5 Å². The molecular formula is C25H23N7OS3. The van der Waals surface area contributed by atoms with E-state index in [9.17, 15) is 4.79 Å². The predicted molar refractivity (Wildman–Crippen MR) is 143 cm³/mol. The molecule has 1 aliphatic heterocycles. The maximum absolute atomic E-state index is 12.7. The molecule has 0 N–H and O–H groups in total. The first kappa shape index (κ1) is 23.3. The van der Waals surface area contributed by atoms with Crippen LogP contribution in [0.4, 0.5) is 0 Å². The van der Waals surface area contributed by atoms with Gasteiger partial charge in [-0.2, -0.15) is 0 Å². The SMILES string of the molecule is Cc1nc(Sc2nnc(CN3CCCCCC3=O)n2-c2ccccn2)c2c(-c3cccs3)csc2n1. The van der Waals surface area contributed by atoms with E-state index in [1.807, 2.05) is 34.6 Å². The lowest BCUT2D eigenvalue weighted by molar-refractivity contribution is -0.131. The zero-order chi connectivity index (χ0) is 24.5. The van der Waals surface area contributed by atoms with Crippen LogP contribution in [0.2, 0.25) is 0 Å². The van der Waals surface area contributed by atoms with Gasteiger partial charge < -0.3 is 4.90 Å². The van der Waals surface area contributed by atoms with Gasteiger partial charge in [0, 0.05) is 35.0 Å². The van der Waals surface area contributed by atoms with Crippen molar-refractivity contribution in [2.24, 2.45) is 0 Å². The number of nitrogens with zero attached hydrogens (tertiary/aromatic N) is 7. The lowest BCUT2D eigenvalue weighted by Gasteiger charge is -2.20. The number of pyridine rings is 1. The molecule has 5 aromatic heterocycles. The summed E-state index contributed by atoms with van der Waals surface area (Å²) in [4.78, 5) is 30.8. The summed E-state index contributed by atoms with van der Waals surface area (Å²) in [7, 11) is 0. The highest BCUT2D eigenvalue weighted by molar-refractivity contribution is 7.99. The van der Waals surface area contributed by atoms with Gasteiger partial charge in [0.25, 0.3) is 0 Å². The van der Waals surface area contributed by atoms with Crippen molar-refractivity contribution in [2.45, 2.75) is 49.3 Å². The number of amides is 1. The van der Waals surface area contributed by atoms with Crippen LogP contribution in [-0.2, 0) is 11.3 Å². The summed E-state index contributed by atoms with van der Waals surface area (Å²) >= 11 is 4.79. The number of aryl methyl sites for hydroxylation is 1. The van der Waals surface area contributed by atoms with Gasteiger partial charge in [0.05, 0.1) is 11.9 Å². The molecule has 1 saturated heterocycles. The zero-order valence-electron chi connectivity index (χ0n) is 19.6. The molecule has 0 radical (unpaired) electrons. The quantitative estimate of drug-likeness (QED) is 0.256. The third-order valence-electron chi connectivity index (χ3n) is 6.07. The van der Waals surface area contributed by atoms with E-state index < -0.39 is 0 Å². The van der Waals surface area contributed by atoms with Gasteiger partial charge in [-0.1, -0.05) is 18.6 Å². The summed E-state index contributed by atoms with van der Waals surface area (Å²) in [5.41, 5.74) is 1.13. The number of carbonyl (C=O) groups excluding carboxylic acids is 1. The number of hydrogen-bond acceptors (Lipinski definition) is 9. The normalized spacial score (nSPS) is 14.5. The molecule has 0 unspecified atom stereocenters. The third kappa shape index (κ3) is 4.54. The van der Waals surface area contributed by atoms with Gasteiger partial charge in [-0.05, 0) is 55.1 Å². The lowest BCUT2D eigenvalue weighted by Crippen LogP contribution is -2.31. The molecule has 182 valence electrons. The van der Waals surface area contributed by atoms with Gasteiger partial charge in [0.1, 0.15) is 21.5 Å². The Balaban J connectivity index is 1.44. The van der Waals surface area contributed by atoms with Crippen molar-refractivity contribution in [3.8, 4) is 16.3 Å². The first-order valence-electron chi connectivity index (χ1n) is 11.8. The van der Waals surface area contributed by atoms with E-state index in [4.69, 9.17) is 4.98 Å². The van der Waals surface area contributed by atoms with Crippen molar-refractivity contribution in [2.75, 3.05) is 6.54 Å². The Labute approximate surface area is 220 Å². The van der Waals surface area contributed by atoms with Crippen molar-refractivity contribution >= 4 is 50.6 Å². The molecule has 1 fully saturated rings. The fraction of sp³-hybridized carbons (Fsp3) is 0.280. The number of carbonyl (C=O) groups is 1. The van der Waals surface area contributed by atoms with Crippen molar-refractivity contribution in [1.82, 2.24) is 34.6 Å². The first-order valence-corrected chi connectivity index (χ1v) is 14.4. The van der Waals surface area contributed by atoms with Crippen LogP contribution < -0.4 is 0 Å². The van der Waals surface area contributed by atoms with Crippen LogP contribution in [0.3, 0.4) is 0 Å². The molecule has 0 aliphatic carbocycles. The Morgan fingerprint density at radius 2 is 2.00 bits per heavy atom. The summed E-state index contributed by atoms with van der Waals surface area (Å²) in [5, 5.41) is 15.8. The Kier molecular flexibility index (Phi) is 6.51. The lowest BCUT2D eigenvalue weighted by atomic mass is 10.2. The highest BCUT2D eigenvalue weighted by Gasteiger charge is 2.24. The van der Waals surface area contributed by atoms with E-state index in [-0.39, 0.29) is 5.91 Å². The Hall–Kier alpha value is -3.15. The first-order chi connectivity index (χ1) is 17.7. The molecular weight excluding hydrogens is 511 g/mol. The van der Waals surface area contributed by atoms with Crippen LogP contribution in [0.25, 0.3) is 26.5 Å². The number of aromatic nitrogens is 6. The molecule has 1 aliphatic rings. The van der Waals surface area contributed by atoms with E-state index in [1.54, 1.807) is 28.9 Å². The maximum atomic E-state index is 12.7. The van der Waals surface area contributed by atoms with Crippen LogP contribution in [-0.4, -0.2) is 47.1 Å². The van der Waals surface area contributed by atoms with E-state index in [2.05, 4.69) is 43.1 Å². The minimum absolute atomic E-state index is 0.171. The molecule has 0 bridgehead atoms. The van der Waals surface area contributed by atoms with Crippen molar-refractivity contribution in [3.05, 3.63) is 58.9 Å². The fourth-order valence-corrected chi connectivity index (χ4v) is 7.25. The minimum Gasteiger partial charge on any atom is -0.335 e. The second-order valence-corrected chi connectivity index (χ2v) is 11.3. The topological polar surface area (TPSA) is 89.7 Å². The van der Waals surface area contributed by atoms with Crippen LogP contribution in [0.1, 0.15) is 37.3 Å². The average molecular weight is 534 g/mol. The molecule has 8 nitrogen and oxygen atoms in total. The van der Waals surface area contributed by atoms with Crippen molar-refractivity contribution in [1.29, 1.82) is 0 Å². The number of fused-ring (bicyclic) bond motifs is 1.